The van der Waals surface area contributed by atoms with Gasteiger partial charge in [-0.2, -0.15) is 0 Å². The standard InChI is InChI=1S/C23H31NO3/c1-3-4-5-6-7-12-24-21(25)19-10-8-18(9-11-19)15-23-14-17(2)13-20(23)16-27-22(23)26/h8-11,20H,2-7,12-16H2,1H3,(H,24,25). The summed E-state index contributed by atoms with van der Waals surface area (Å²) in [6.45, 7) is 7.52. The second kappa shape index (κ2) is 8.73. The lowest BCUT2D eigenvalue weighted by Crippen LogP contribution is -2.31. The molecule has 1 aliphatic heterocycles. The van der Waals surface area contributed by atoms with Crippen LogP contribution in [0.4, 0.5) is 0 Å². The van der Waals surface area contributed by atoms with E-state index in [0.29, 0.717) is 18.6 Å². The Morgan fingerprint density at radius 1 is 1.22 bits per heavy atom. The molecule has 1 aromatic rings. The molecule has 1 aliphatic carbocycles. The van der Waals surface area contributed by atoms with E-state index in [4.69, 9.17) is 4.74 Å². The van der Waals surface area contributed by atoms with E-state index in [-0.39, 0.29) is 17.8 Å². The van der Waals surface area contributed by atoms with E-state index >= 15 is 0 Å². The van der Waals surface area contributed by atoms with Crippen molar-refractivity contribution >= 4 is 11.9 Å². The Labute approximate surface area is 162 Å². The summed E-state index contributed by atoms with van der Waals surface area (Å²) in [7, 11) is 0. The van der Waals surface area contributed by atoms with Crippen molar-refractivity contribution in [3.63, 3.8) is 0 Å². The molecular formula is C23H31NO3. The molecule has 0 spiro atoms. The molecule has 27 heavy (non-hydrogen) atoms. The number of rotatable bonds is 9. The minimum Gasteiger partial charge on any atom is -0.465 e. The van der Waals surface area contributed by atoms with E-state index in [1.807, 2.05) is 24.3 Å². The summed E-state index contributed by atoms with van der Waals surface area (Å²) in [5.74, 6) is 0.131. The van der Waals surface area contributed by atoms with Crippen LogP contribution in [0, 0.1) is 11.3 Å². The van der Waals surface area contributed by atoms with Gasteiger partial charge in [0.2, 0.25) is 0 Å². The lowest BCUT2D eigenvalue weighted by molar-refractivity contribution is -0.146. The summed E-state index contributed by atoms with van der Waals surface area (Å²) in [5.41, 5.74) is 2.45. The number of unbranched alkanes of at least 4 members (excludes halogenated alkanes) is 4. The van der Waals surface area contributed by atoms with Crippen molar-refractivity contribution in [3.05, 3.63) is 47.5 Å². The highest BCUT2D eigenvalue weighted by Crippen LogP contribution is 2.52. The monoisotopic (exact) mass is 369 g/mol. The predicted molar refractivity (Wildman–Crippen MR) is 106 cm³/mol. The molecule has 146 valence electrons. The molecule has 3 rings (SSSR count). The lowest BCUT2D eigenvalue weighted by atomic mass is 9.75. The van der Waals surface area contributed by atoms with E-state index in [0.717, 1.165) is 43.4 Å². The maximum atomic E-state index is 12.4. The maximum absolute atomic E-state index is 12.4. The number of allylic oxidation sites excluding steroid dienone is 1. The lowest BCUT2D eigenvalue weighted by Gasteiger charge is -2.24. The largest absolute Gasteiger partial charge is 0.465 e. The van der Waals surface area contributed by atoms with Crippen LogP contribution in [-0.2, 0) is 16.0 Å². The first-order valence-electron chi connectivity index (χ1n) is 10.3. The molecule has 0 aromatic heterocycles. The van der Waals surface area contributed by atoms with Gasteiger partial charge in [-0.25, -0.2) is 0 Å². The van der Waals surface area contributed by atoms with Crippen molar-refractivity contribution in [1.82, 2.24) is 5.32 Å². The van der Waals surface area contributed by atoms with Crippen LogP contribution in [-0.4, -0.2) is 25.0 Å². The first-order valence-corrected chi connectivity index (χ1v) is 10.3. The van der Waals surface area contributed by atoms with Gasteiger partial charge in [-0.15, -0.1) is 0 Å². The first kappa shape index (κ1) is 19.7. The minimum absolute atomic E-state index is 0.0254. The molecule has 1 aromatic carbocycles. The molecule has 1 amide bonds. The van der Waals surface area contributed by atoms with Crippen LogP contribution in [0.1, 0.15) is 67.8 Å². The molecule has 1 saturated carbocycles. The van der Waals surface area contributed by atoms with Crippen LogP contribution in [0.15, 0.2) is 36.4 Å². The summed E-state index contributed by atoms with van der Waals surface area (Å²) in [4.78, 5) is 24.7. The van der Waals surface area contributed by atoms with Crippen molar-refractivity contribution < 1.29 is 14.3 Å². The van der Waals surface area contributed by atoms with Crippen LogP contribution in [0.5, 0.6) is 0 Å². The number of hydrogen-bond donors (Lipinski definition) is 1. The van der Waals surface area contributed by atoms with Gasteiger partial charge in [0.25, 0.3) is 5.91 Å². The molecule has 1 N–H and O–H groups in total. The molecule has 2 aliphatic rings. The number of hydrogen-bond acceptors (Lipinski definition) is 3. The Morgan fingerprint density at radius 3 is 2.70 bits per heavy atom. The Balaban J connectivity index is 1.54. The highest BCUT2D eigenvalue weighted by molar-refractivity contribution is 5.94. The molecule has 1 saturated heterocycles. The second-order valence-electron chi connectivity index (χ2n) is 8.13. The Hall–Kier alpha value is -2.10. The topological polar surface area (TPSA) is 55.4 Å². The average Bonchev–Trinajstić information content (AvgIpc) is 3.13. The molecule has 2 fully saturated rings. The number of ether oxygens (including phenoxy) is 1. The number of carbonyl (C=O) groups is 2. The number of amides is 1. The maximum Gasteiger partial charge on any atom is 0.313 e. The van der Waals surface area contributed by atoms with Crippen LogP contribution in [0.3, 0.4) is 0 Å². The zero-order chi connectivity index (χ0) is 19.3. The Morgan fingerprint density at radius 2 is 1.96 bits per heavy atom. The van der Waals surface area contributed by atoms with Crippen LogP contribution >= 0.6 is 0 Å². The number of fused-ring (bicyclic) bond motifs is 1. The summed E-state index contributed by atoms with van der Waals surface area (Å²) in [5, 5.41) is 2.99. The molecular weight excluding hydrogens is 338 g/mol. The number of nitrogens with one attached hydrogen (secondary N) is 1. The van der Waals surface area contributed by atoms with Crippen molar-refractivity contribution in [1.29, 1.82) is 0 Å². The quantitative estimate of drug-likeness (QED) is 0.398. The molecule has 2 unspecified atom stereocenters. The molecule has 1 heterocycles. The summed E-state index contributed by atoms with van der Waals surface area (Å²) in [6.07, 6.45) is 8.18. The molecule has 2 atom stereocenters. The molecule has 4 heteroatoms. The fourth-order valence-corrected chi connectivity index (χ4v) is 4.43. The van der Waals surface area contributed by atoms with E-state index in [2.05, 4.69) is 18.8 Å². The van der Waals surface area contributed by atoms with Gasteiger partial charge >= 0.3 is 5.97 Å². The second-order valence-corrected chi connectivity index (χ2v) is 8.13. The molecule has 0 radical (unpaired) electrons. The van der Waals surface area contributed by atoms with Crippen molar-refractivity contribution in [2.45, 2.75) is 58.3 Å². The summed E-state index contributed by atoms with van der Waals surface area (Å²) in [6, 6.07) is 7.65. The predicted octanol–water partition coefficient (Wildman–Crippen LogP) is 4.44. The fourth-order valence-electron chi connectivity index (χ4n) is 4.43. The average molecular weight is 370 g/mol. The SMILES string of the molecule is C=C1CC2COC(=O)C2(Cc2ccc(C(=O)NCCCCCCC)cc2)C1. The van der Waals surface area contributed by atoms with Gasteiger partial charge in [0.05, 0.1) is 12.0 Å². The van der Waals surface area contributed by atoms with E-state index < -0.39 is 5.41 Å². The normalized spacial score (nSPS) is 24.0. The Kier molecular flexibility index (Phi) is 6.35. The van der Waals surface area contributed by atoms with Crippen molar-refractivity contribution in [2.75, 3.05) is 13.2 Å². The van der Waals surface area contributed by atoms with Gasteiger partial charge in [0, 0.05) is 18.0 Å². The fraction of sp³-hybridized carbons (Fsp3) is 0.565. The Bertz CT molecular complexity index is 694. The third-order valence-corrected chi connectivity index (χ3v) is 6.01. The van der Waals surface area contributed by atoms with Crippen molar-refractivity contribution in [3.8, 4) is 0 Å². The number of carbonyl (C=O) groups excluding carboxylic acids is 2. The highest BCUT2D eigenvalue weighted by atomic mass is 16.5. The number of cyclic esters (lactones) is 1. The van der Waals surface area contributed by atoms with E-state index in [9.17, 15) is 9.59 Å². The number of benzene rings is 1. The first-order chi connectivity index (χ1) is 13.0. The van der Waals surface area contributed by atoms with Crippen LogP contribution in [0.2, 0.25) is 0 Å². The van der Waals surface area contributed by atoms with Crippen molar-refractivity contribution in [2.24, 2.45) is 11.3 Å². The summed E-state index contributed by atoms with van der Waals surface area (Å²) >= 11 is 0. The molecule has 0 bridgehead atoms. The number of esters is 1. The third-order valence-electron chi connectivity index (χ3n) is 6.01. The van der Waals surface area contributed by atoms with Gasteiger partial charge in [-0.1, -0.05) is 56.9 Å². The van der Waals surface area contributed by atoms with Gasteiger partial charge in [0.15, 0.2) is 0 Å². The smallest absolute Gasteiger partial charge is 0.313 e. The zero-order valence-electron chi connectivity index (χ0n) is 16.4. The van der Waals surface area contributed by atoms with Crippen LogP contribution in [0.25, 0.3) is 0 Å². The van der Waals surface area contributed by atoms with Crippen LogP contribution < -0.4 is 5.32 Å². The summed E-state index contributed by atoms with van der Waals surface area (Å²) < 4.78 is 5.34. The van der Waals surface area contributed by atoms with Gasteiger partial charge in [-0.3, -0.25) is 9.59 Å². The van der Waals surface area contributed by atoms with E-state index in [1.165, 1.54) is 19.3 Å². The van der Waals surface area contributed by atoms with Gasteiger partial charge < -0.3 is 10.1 Å². The van der Waals surface area contributed by atoms with Gasteiger partial charge in [-0.05, 0) is 43.4 Å². The zero-order valence-corrected chi connectivity index (χ0v) is 16.4. The van der Waals surface area contributed by atoms with E-state index in [1.54, 1.807) is 0 Å². The highest BCUT2D eigenvalue weighted by Gasteiger charge is 2.55. The minimum atomic E-state index is -0.445. The van der Waals surface area contributed by atoms with Gasteiger partial charge in [0.1, 0.15) is 0 Å². The molecule has 4 nitrogen and oxygen atoms in total. The third kappa shape index (κ3) is 4.42.